The van der Waals surface area contributed by atoms with Gasteiger partial charge in [-0.25, -0.2) is 5.01 Å². The predicted octanol–water partition coefficient (Wildman–Crippen LogP) is 5.58. The van der Waals surface area contributed by atoms with E-state index in [1.807, 2.05) is 42.5 Å². The van der Waals surface area contributed by atoms with Crippen molar-refractivity contribution in [3.8, 4) is 5.75 Å². The second kappa shape index (κ2) is 6.19. The summed E-state index contributed by atoms with van der Waals surface area (Å²) in [6.45, 7) is 0. The molecule has 3 nitrogen and oxygen atoms in total. The van der Waals surface area contributed by atoms with Gasteiger partial charge in [0.1, 0.15) is 5.75 Å². The SMILES string of the molecule is Clc1ccc(C2Oc3ccccc3C3CC(c4ccccc4)=NN32)cc1. The topological polar surface area (TPSA) is 24.8 Å². The molecule has 0 radical (unpaired) electrons. The number of fused-ring (bicyclic) bond motifs is 3. The maximum Gasteiger partial charge on any atom is 0.213 e. The molecule has 3 aromatic rings. The van der Waals surface area contributed by atoms with Crippen molar-refractivity contribution in [3.63, 3.8) is 0 Å². The number of rotatable bonds is 2. The largest absolute Gasteiger partial charge is 0.464 e. The van der Waals surface area contributed by atoms with Gasteiger partial charge >= 0.3 is 0 Å². The fraction of sp³-hybridized carbons (Fsp3) is 0.136. The van der Waals surface area contributed by atoms with Crippen molar-refractivity contribution in [2.45, 2.75) is 18.7 Å². The van der Waals surface area contributed by atoms with E-state index in [9.17, 15) is 0 Å². The van der Waals surface area contributed by atoms with Gasteiger partial charge in [0, 0.05) is 22.6 Å². The molecule has 0 spiro atoms. The molecule has 0 aliphatic carbocycles. The van der Waals surface area contributed by atoms with E-state index in [1.54, 1.807) is 0 Å². The second-order valence-corrected chi connectivity index (χ2v) is 7.01. The standard InChI is InChI=1S/C22H17ClN2O/c23-17-12-10-16(11-13-17)22-25-20(18-8-4-5-9-21(18)26-22)14-19(24-25)15-6-2-1-3-7-15/h1-13,20,22H,14H2. The molecule has 2 aliphatic rings. The second-order valence-electron chi connectivity index (χ2n) is 6.57. The van der Waals surface area contributed by atoms with E-state index >= 15 is 0 Å². The zero-order chi connectivity index (χ0) is 17.5. The Morgan fingerprint density at radius 3 is 2.42 bits per heavy atom. The Balaban J connectivity index is 1.60. The van der Waals surface area contributed by atoms with Gasteiger partial charge in [0.05, 0.1) is 11.8 Å². The zero-order valence-corrected chi connectivity index (χ0v) is 14.8. The summed E-state index contributed by atoms with van der Waals surface area (Å²) in [6, 6.07) is 26.6. The van der Waals surface area contributed by atoms with Gasteiger partial charge < -0.3 is 4.74 Å². The van der Waals surface area contributed by atoms with Crippen LogP contribution in [0.4, 0.5) is 0 Å². The van der Waals surface area contributed by atoms with Crippen LogP contribution in [0.25, 0.3) is 0 Å². The summed E-state index contributed by atoms with van der Waals surface area (Å²) in [5, 5.41) is 7.76. The van der Waals surface area contributed by atoms with Crippen LogP contribution in [0.1, 0.15) is 35.4 Å². The van der Waals surface area contributed by atoms with Crippen molar-refractivity contribution < 1.29 is 4.74 Å². The molecule has 2 atom stereocenters. The smallest absolute Gasteiger partial charge is 0.213 e. The number of nitrogens with zero attached hydrogens (tertiary/aromatic N) is 2. The summed E-state index contributed by atoms with van der Waals surface area (Å²) in [5.41, 5.74) is 4.49. The lowest BCUT2D eigenvalue weighted by Crippen LogP contribution is -2.33. The fourth-order valence-corrected chi connectivity index (χ4v) is 3.81. The number of halogens is 1. The first-order chi connectivity index (χ1) is 12.8. The van der Waals surface area contributed by atoms with Crippen LogP contribution < -0.4 is 4.74 Å². The third-order valence-corrected chi connectivity index (χ3v) is 5.21. The predicted molar refractivity (Wildman–Crippen MR) is 103 cm³/mol. The highest BCUT2D eigenvalue weighted by Crippen LogP contribution is 2.47. The van der Waals surface area contributed by atoms with Crippen molar-refractivity contribution in [2.75, 3.05) is 0 Å². The minimum Gasteiger partial charge on any atom is -0.464 e. The van der Waals surface area contributed by atoms with E-state index in [4.69, 9.17) is 21.4 Å². The van der Waals surface area contributed by atoms with Crippen LogP contribution in [0, 0.1) is 0 Å². The van der Waals surface area contributed by atoms with Crippen LogP contribution >= 0.6 is 11.6 Å². The molecule has 0 bridgehead atoms. The lowest BCUT2D eigenvalue weighted by Gasteiger charge is -2.38. The molecule has 0 N–H and O–H groups in total. The maximum atomic E-state index is 6.33. The van der Waals surface area contributed by atoms with Crippen LogP contribution in [0.5, 0.6) is 5.75 Å². The molecule has 0 saturated heterocycles. The lowest BCUT2D eigenvalue weighted by molar-refractivity contribution is -0.0190. The van der Waals surface area contributed by atoms with E-state index in [2.05, 4.69) is 41.4 Å². The Kier molecular flexibility index (Phi) is 3.68. The van der Waals surface area contributed by atoms with Crippen molar-refractivity contribution in [1.29, 1.82) is 0 Å². The minimum atomic E-state index is -0.256. The van der Waals surface area contributed by atoms with Gasteiger partial charge in [-0.3, -0.25) is 0 Å². The van der Waals surface area contributed by atoms with E-state index in [0.717, 1.165) is 34.0 Å². The van der Waals surface area contributed by atoms with Crippen LogP contribution in [0.2, 0.25) is 5.02 Å². The van der Waals surface area contributed by atoms with E-state index < -0.39 is 0 Å². The van der Waals surface area contributed by atoms with E-state index in [1.165, 1.54) is 5.56 Å². The molecule has 4 heteroatoms. The number of hydrogen-bond donors (Lipinski definition) is 0. The Bertz CT molecular complexity index is 969. The molecule has 128 valence electrons. The van der Waals surface area contributed by atoms with E-state index in [0.29, 0.717) is 0 Å². The molecule has 0 fully saturated rings. The number of benzene rings is 3. The van der Waals surface area contributed by atoms with Crippen molar-refractivity contribution in [3.05, 3.63) is 101 Å². The molecule has 0 aromatic heterocycles. The highest BCUT2D eigenvalue weighted by Gasteiger charge is 2.40. The summed E-state index contributed by atoms with van der Waals surface area (Å²) < 4.78 is 6.33. The highest BCUT2D eigenvalue weighted by molar-refractivity contribution is 6.30. The van der Waals surface area contributed by atoms with Gasteiger partial charge in [-0.1, -0.05) is 72.3 Å². The van der Waals surface area contributed by atoms with Crippen LogP contribution in [-0.2, 0) is 0 Å². The van der Waals surface area contributed by atoms with Gasteiger partial charge in [-0.15, -0.1) is 0 Å². The average molecular weight is 361 g/mol. The Hall–Kier alpha value is -2.78. The number of hydrazone groups is 1. The first-order valence-electron chi connectivity index (χ1n) is 8.72. The van der Waals surface area contributed by atoms with E-state index in [-0.39, 0.29) is 12.3 Å². The summed E-state index contributed by atoms with van der Waals surface area (Å²) in [7, 11) is 0. The van der Waals surface area contributed by atoms with Crippen molar-refractivity contribution in [2.24, 2.45) is 5.10 Å². The summed E-state index contributed by atoms with van der Waals surface area (Å²) in [4.78, 5) is 0. The van der Waals surface area contributed by atoms with Gasteiger partial charge in [0.25, 0.3) is 0 Å². The molecular weight excluding hydrogens is 344 g/mol. The molecule has 26 heavy (non-hydrogen) atoms. The summed E-state index contributed by atoms with van der Waals surface area (Å²) >= 11 is 6.06. The van der Waals surface area contributed by atoms with Crippen molar-refractivity contribution >= 4 is 17.3 Å². The fourth-order valence-electron chi connectivity index (χ4n) is 3.69. The van der Waals surface area contributed by atoms with Crippen LogP contribution in [0.15, 0.2) is 84.0 Å². The third-order valence-electron chi connectivity index (χ3n) is 4.96. The third kappa shape index (κ3) is 2.56. The maximum absolute atomic E-state index is 6.33. The summed E-state index contributed by atoms with van der Waals surface area (Å²) in [5.74, 6) is 0.929. The highest BCUT2D eigenvalue weighted by atomic mass is 35.5. The quantitative estimate of drug-likeness (QED) is 0.595. The summed E-state index contributed by atoms with van der Waals surface area (Å²) in [6.07, 6.45) is 0.613. The lowest BCUT2D eigenvalue weighted by atomic mass is 9.96. The Labute approximate surface area is 157 Å². The molecule has 5 rings (SSSR count). The molecule has 0 saturated carbocycles. The van der Waals surface area contributed by atoms with Gasteiger partial charge in [0.2, 0.25) is 6.23 Å². The molecule has 3 aromatic carbocycles. The zero-order valence-electron chi connectivity index (χ0n) is 14.0. The Morgan fingerprint density at radius 1 is 0.885 bits per heavy atom. The van der Waals surface area contributed by atoms with Gasteiger partial charge in [0.15, 0.2) is 0 Å². The Morgan fingerprint density at radius 2 is 1.62 bits per heavy atom. The number of ether oxygens (including phenoxy) is 1. The molecule has 2 unspecified atom stereocenters. The molecule has 2 heterocycles. The van der Waals surface area contributed by atoms with Crippen LogP contribution in [-0.4, -0.2) is 10.7 Å². The number of para-hydroxylation sites is 1. The minimum absolute atomic E-state index is 0.177. The molecular formula is C22H17ClN2O. The molecule has 2 aliphatic heterocycles. The first kappa shape index (κ1) is 15.5. The normalized spacial score (nSPS) is 20.8. The van der Waals surface area contributed by atoms with Crippen LogP contribution in [0.3, 0.4) is 0 Å². The van der Waals surface area contributed by atoms with Crippen molar-refractivity contribution in [1.82, 2.24) is 5.01 Å². The number of hydrogen-bond acceptors (Lipinski definition) is 3. The van der Waals surface area contributed by atoms with Gasteiger partial charge in [-0.05, 0) is 23.8 Å². The first-order valence-corrected chi connectivity index (χ1v) is 9.10. The molecule has 0 amide bonds. The van der Waals surface area contributed by atoms with Gasteiger partial charge in [-0.2, -0.15) is 5.10 Å². The average Bonchev–Trinajstić information content (AvgIpc) is 3.14. The monoisotopic (exact) mass is 360 g/mol.